The van der Waals surface area contributed by atoms with Crippen molar-refractivity contribution >= 4 is 33.2 Å². The Balaban J connectivity index is 1.51. The van der Waals surface area contributed by atoms with E-state index in [4.69, 9.17) is 4.74 Å². The molecule has 170 valence electrons. The molecule has 1 aromatic carbocycles. The van der Waals surface area contributed by atoms with Gasteiger partial charge in [-0.15, -0.1) is 0 Å². The van der Waals surface area contributed by atoms with Gasteiger partial charge in [0.25, 0.3) is 5.56 Å². The minimum absolute atomic E-state index is 0.0844. The predicted molar refractivity (Wildman–Crippen MR) is 124 cm³/mol. The number of aromatic amines is 1. The van der Waals surface area contributed by atoms with Crippen molar-refractivity contribution in [2.75, 3.05) is 11.5 Å². The molecular formula is C22H26N4O5S. The summed E-state index contributed by atoms with van der Waals surface area (Å²) in [5, 5.41) is 0. The molecule has 0 unspecified atom stereocenters. The Morgan fingerprint density at radius 1 is 1.06 bits per heavy atom. The summed E-state index contributed by atoms with van der Waals surface area (Å²) >= 11 is 0. The van der Waals surface area contributed by atoms with Crippen LogP contribution in [0.1, 0.15) is 38.1 Å². The maximum atomic E-state index is 12.6. The van der Waals surface area contributed by atoms with Crippen molar-refractivity contribution in [1.82, 2.24) is 19.1 Å². The fraction of sp³-hybridized carbons (Fsp3) is 0.409. The van der Waals surface area contributed by atoms with Gasteiger partial charge in [0.05, 0.1) is 11.5 Å². The van der Waals surface area contributed by atoms with Crippen LogP contribution in [0.25, 0.3) is 23.3 Å². The number of hydrogen-bond donors (Lipinski definition) is 1. The fourth-order valence-electron chi connectivity index (χ4n) is 3.84. The van der Waals surface area contributed by atoms with Crippen molar-refractivity contribution in [3.05, 3.63) is 56.5 Å². The monoisotopic (exact) mass is 458 g/mol. The second kappa shape index (κ2) is 8.78. The highest BCUT2D eigenvalue weighted by molar-refractivity contribution is 7.91. The van der Waals surface area contributed by atoms with E-state index in [1.54, 1.807) is 13.0 Å². The first-order valence-electron chi connectivity index (χ1n) is 10.7. The molecule has 0 amide bonds. The molecule has 32 heavy (non-hydrogen) atoms. The summed E-state index contributed by atoms with van der Waals surface area (Å²) in [6, 6.07) is 7.46. The van der Waals surface area contributed by atoms with Crippen molar-refractivity contribution in [1.29, 1.82) is 0 Å². The van der Waals surface area contributed by atoms with E-state index < -0.39 is 9.84 Å². The number of nitrogens with zero attached hydrogens (tertiary/aromatic N) is 3. The van der Waals surface area contributed by atoms with Crippen LogP contribution in [0, 0.1) is 0 Å². The highest BCUT2D eigenvalue weighted by Crippen LogP contribution is 2.21. The summed E-state index contributed by atoms with van der Waals surface area (Å²) in [4.78, 5) is 32.5. The lowest BCUT2D eigenvalue weighted by Crippen LogP contribution is -2.39. The molecule has 2 aromatic heterocycles. The molecule has 1 N–H and O–H groups in total. The topological polar surface area (TPSA) is 116 Å². The molecule has 1 aliphatic heterocycles. The van der Waals surface area contributed by atoms with Crippen molar-refractivity contribution in [3.63, 3.8) is 0 Å². The molecule has 0 bridgehead atoms. The average Bonchev–Trinajstić information content (AvgIpc) is 3.20. The Kier molecular flexibility index (Phi) is 6.05. The Morgan fingerprint density at radius 3 is 2.34 bits per heavy atom. The number of benzene rings is 1. The van der Waals surface area contributed by atoms with Gasteiger partial charge in [-0.1, -0.05) is 18.2 Å². The minimum atomic E-state index is -2.91. The molecule has 0 radical (unpaired) electrons. The van der Waals surface area contributed by atoms with E-state index in [1.165, 1.54) is 9.13 Å². The van der Waals surface area contributed by atoms with Crippen LogP contribution in [-0.4, -0.2) is 45.1 Å². The van der Waals surface area contributed by atoms with Crippen LogP contribution in [0.2, 0.25) is 0 Å². The Morgan fingerprint density at radius 2 is 1.72 bits per heavy atom. The number of aryl methyl sites for hydroxylation is 1. The average molecular weight is 459 g/mol. The Bertz CT molecular complexity index is 1370. The lowest BCUT2D eigenvalue weighted by Gasteiger charge is -2.23. The molecule has 10 heteroatoms. The van der Waals surface area contributed by atoms with E-state index >= 15 is 0 Å². The number of H-pyrrole nitrogens is 1. The van der Waals surface area contributed by atoms with Gasteiger partial charge >= 0.3 is 5.69 Å². The van der Waals surface area contributed by atoms with Gasteiger partial charge in [-0.05, 0) is 50.5 Å². The van der Waals surface area contributed by atoms with Crippen LogP contribution in [0.4, 0.5) is 0 Å². The van der Waals surface area contributed by atoms with Gasteiger partial charge in [0.15, 0.2) is 15.5 Å². The number of hydrogen-bond acceptors (Lipinski definition) is 6. The number of fused-ring (bicyclic) bond motifs is 1. The third-order valence-corrected chi connectivity index (χ3v) is 7.35. The largest absolute Gasteiger partial charge is 0.490 e. The fourth-order valence-corrected chi connectivity index (χ4v) is 5.29. The number of rotatable bonds is 6. The van der Waals surface area contributed by atoms with Crippen molar-refractivity contribution in [2.45, 2.75) is 45.9 Å². The van der Waals surface area contributed by atoms with Gasteiger partial charge in [-0.25, -0.2) is 18.2 Å². The molecule has 0 saturated carbocycles. The highest BCUT2D eigenvalue weighted by Gasteiger charge is 2.24. The van der Waals surface area contributed by atoms with Gasteiger partial charge in [-0.2, -0.15) is 0 Å². The molecule has 3 heterocycles. The maximum Gasteiger partial charge on any atom is 0.332 e. The second-order valence-corrected chi connectivity index (χ2v) is 10.1. The molecular weight excluding hydrogens is 432 g/mol. The minimum Gasteiger partial charge on any atom is -0.490 e. The normalized spacial score (nSPS) is 16.7. The zero-order chi connectivity index (χ0) is 22.9. The molecule has 1 saturated heterocycles. The molecule has 4 rings (SSSR count). The molecule has 1 fully saturated rings. The number of nitrogens with one attached hydrogen (secondary N) is 1. The lowest BCUT2D eigenvalue weighted by atomic mass is 10.2. The first kappa shape index (κ1) is 22.1. The first-order chi connectivity index (χ1) is 15.3. The van der Waals surface area contributed by atoms with E-state index in [0.717, 1.165) is 5.56 Å². The lowest BCUT2D eigenvalue weighted by molar-refractivity contribution is 0.189. The van der Waals surface area contributed by atoms with E-state index in [-0.39, 0.29) is 28.9 Å². The SMILES string of the molecule is CCn1c(=O)c2[nH]c(C=Cc3ccc(OC4CCS(=O)(=O)CC4)cc3)nc2n(CC)c1=O. The summed E-state index contributed by atoms with van der Waals surface area (Å²) in [6.07, 6.45) is 4.54. The smallest absolute Gasteiger partial charge is 0.332 e. The number of imidazole rings is 1. The van der Waals surface area contributed by atoms with Crippen LogP contribution in [0.3, 0.4) is 0 Å². The second-order valence-electron chi connectivity index (χ2n) is 7.77. The standard InChI is InChI=1S/C22H26N4O5S/c1-3-25-20-19(21(27)26(4-2)22(25)28)23-18(24-20)10-7-15-5-8-16(9-6-15)31-17-11-13-32(29,30)14-12-17/h5-10,17H,3-4,11-14H2,1-2H3,(H,23,24). The third-order valence-electron chi connectivity index (χ3n) is 5.63. The van der Waals surface area contributed by atoms with Crippen LogP contribution >= 0.6 is 0 Å². The van der Waals surface area contributed by atoms with Crippen molar-refractivity contribution < 1.29 is 13.2 Å². The van der Waals surface area contributed by atoms with Crippen molar-refractivity contribution in [2.24, 2.45) is 0 Å². The number of aromatic nitrogens is 4. The van der Waals surface area contributed by atoms with Gasteiger partial charge in [-0.3, -0.25) is 13.9 Å². The van der Waals surface area contributed by atoms with Gasteiger partial charge < -0.3 is 9.72 Å². The zero-order valence-electron chi connectivity index (χ0n) is 18.1. The number of ether oxygens (including phenoxy) is 1. The predicted octanol–water partition coefficient (Wildman–Crippen LogP) is 2.05. The van der Waals surface area contributed by atoms with Gasteiger partial charge in [0.1, 0.15) is 23.2 Å². The summed E-state index contributed by atoms with van der Waals surface area (Å²) in [6.45, 7) is 4.31. The van der Waals surface area contributed by atoms with Gasteiger partial charge in [0.2, 0.25) is 0 Å². The number of sulfone groups is 1. The summed E-state index contributed by atoms with van der Waals surface area (Å²) in [7, 11) is -2.91. The molecule has 0 aliphatic carbocycles. The summed E-state index contributed by atoms with van der Waals surface area (Å²) < 4.78 is 31.6. The Labute approximate surface area is 185 Å². The van der Waals surface area contributed by atoms with Crippen LogP contribution in [0.5, 0.6) is 5.75 Å². The zero-order valence-corrected chi connectivity index (χ0v) is 18.9. The molecule has 9 nitrogen and oxygen atoms in total. The maximum absolute atomic E-state index is 12.6. The molecule has 1 aliphatic rings. The van der Waals surface area contributed by atoms with E-state index in [1.807, 2.05) is 37.3 Å². The molecule has 3 aromatic rings. The molecule has 0 atom stereocenters. The van der Waals surface area contributed by atoms with E-state index in [0.29, 0.717) is 48.7 Å². The first-order valence-corrected chi connectivity index (χ1v) is 12.5. The van der Waals surface area contributed by atoms with E-state index in [2.05, 4.69) is 9.97 Å². The third kappa shape index (κ3) is 4.40. The quantitative estimate of drug-likeness (QED) is 0.604. The van der Waals surface area contributed by atoms with Crippen molar-refractivity contribution in [3.8, 4) is 5.75 Å². The summed E-state index contributed by atoms with van der Waals surface area (Å²) in [5.74, 6) is 1.52. The van der Waals surface area contributed by atoms with Crippen LogP contribution in [-0.2, 0) is 22.9 Å². The highest BCUT2D eigenvalue weighted by atomic mass is 32.2. The van der Waals surface area contributed by atoms with Crippen LogP contribution in [0.15, 0.2) is 33.9 Å². The van der Waals surface area contributed by atoms with Crippen LogP contribution < -0.4 is 16.0 Å². The summed E-state index contributed by atoms with van der Waals surface area (Å²) in [5.41, 5.74) is 0.834. The molecule has 0 spiro atoms. The van der Waals surface area contributed by atoms with E-state index in [9.17, 15) is 18.0 Å². The van der Waals surface area contributed by atoms with Gasteiger partial charge in [0, 0.05) is 13.1 Å². The Hall–Kier alpha value is -3.14.